The first-order valence-electron chi connectivity index (χ1n) is 7.46. The van der Waals surface area contributed by atoms with Crippen LogP contribution >= 0.6 is 0 Å². The minimum absolute atomic E-state index is 0.0411. The summed E-state index contributed by atoms with van der Waals surface area (Å²) in [5.41, 5.74) is 0.413. The van der Waals surface area contributed by atoms with Crippen molar-refractivity contribution in [2.45, 2.75) is 6.18 Å². The lowest BCUT2D eigenvalue weighted by Gasteiger charge is -2.30. The Morgan fingerprint density at radius 2 is 2.00 bits per heavy atom. The second-order valence-corrected chi connectivity index (χ2v) is 5.17. The van der Waals surface area contributed by atoms with Gasteiger partial charge in [0.15, 0.2) is 0 Å². The number of ether oxygens (including phenoxy) is 2. The van der Waals surface area contributed by atoms with Crippen molar-refractivity contribution in [2.75, 3.05) is 43.1 Å². The van der Waals surface area contributed by atoms with E-state index >= 15 is 0 Å². The predicted octanol–water partition coefficient (Wildman–Crippen LogP) is 2.37. The van der Waals surface area contributed by atoms with Gasteiger partial charge in [0.25, 0.3) is 0 Å². The van der Waals surface area contributed by atoms with Gasteiger partial charge in [0.1, 0.15) is 6.61 Å². The molecule has 1 aromatic carbocycles. The third kappa shape index (κ3) is 4.96. The van der Waals surface area contributed by atoms with E-state index in [0.29, 0.717) is 32.0 Å². The Balaban J connectivity index is 2.31. The number of hydrogen-bond acceptors (Lipinski definition) is 5. The molecule has 0 spiro atoms. The first-order valence-corrected chi connectivity index (χ1v) is 7.46. The summed E-state index contributed by atoms with van der Waals surface area (Å²) in [5.74, 6) is -2.83. The summed E-state index contributed by atoms with van der Waals surface area (Å²) >= 11 is 0. The van der Waals surface area contributed by atoms with Crippen molar-refractivity contribution in [3.63, 3.8) is 0 Å². The molecule has 0 atom stereocenters. The van der Waals surface area contributed by atoms with E-state index in [2.05, 4.69) is 6.58 Å². The van der Waals surface area contributed by atoms with Gasteiger partial charge in [-0.1, -0.05) is 12.7 Å². The van der Waals surface area contributed by atoms with Crippen molar-refractivity contribution in [2.24, 2.45) is 0 Å². The van der Waals surface area contributed by atoms with Gasteiger partial charge in [0.2, 0.25) is 0 Å². The lowest BCUT2D eigenvalue weighted by atomic mass is 10.1. The molecule has 1 heterocycles. The number of nitrogens with zero attached hydrogens (tertiary/aromatic N) is 1. The van der Waals surface area contributed by atoms with Crippen LogP contribution in [-0.2, 0) is 14.3 Å². The Morgan fingerprint density at radius 3 is 2.60 bits per heavy atom. The zero-order valence-corrected chi connectivity index (χ0v) is 13.3. The van der Waals surface area contributed by atoms with Crippen molar-refractivity contribution in [1.82, 2.24) is 0 Å². The highest BCUT2D eigenvalue weighted by molar-refractivity contribution is 6.00. The molecule has 0 saturated carbocycles. The number of esters is 1. The van der Waals surface area contributed by atoms with Crippen molar-refractivity contribution >= 4 is 23.3 Å². The summed E-state index contributed by atoms with van der Waals surface area (Å²) in [7, 11) is 0. The summed E-state index contributed by atoms with van der Waals surface area (Å²) in [6, 6.07) is 3.94. The summed E-state index contributed by atoms with van der Waals surface area (Å²) in [6.07, 6.45) is -3.64. The fraction of sp³-hybridized carbons (Fsp3) is 0.375. The van der Waals surface area contributed by atoms with Crippen LogP contribution in [0.5, 0.6) is 0 Å². The van der Waals surface area contributed by atoms with Crippen molar-refractivity contribution < 1.29 is 32.2 Å². The molecule has 1 fully saturated rings. The zero-order valence-electron chi connectivity index (χ0n) is 13.3. The van der Waals surface area contributed by atoms with Crippen LogP contribution in [0.3, 0.4) is 0 Å². The van der Waals surface area contributed by atoms with E-state index in [0.717, 1.165) is 0 Å². The standard InChI is InChI=1S/C16H17F3N2O4/c1-2-7-25-14(22)12-10-11(20-15(23)16(17,18)19)3-4-13(12)21-5-8-24-9-6-21/h2-4,10H,1,5-9H2,(H,20,23). The van der Waals surface area contributed by atoms with Crippen molar-refractivity contribution in [1.29, 1.82) is 0 Å². The van der Waals surface area contributed by atoms with Gasteiger partial charge >= 0.3 is 18.1 Å². The second-order valence-electron chi connectivity index (χ2n) is 5.17. The molecule has 9 heteroatoms. The smallest absolute Gasteiger partial charge is 0.458 e. The van der Waals surface area contributed by atoms with E-state index in [9.17, 15) is 22.8 Å². The number of morpholine rings is 1. The third-order valence-corrected chi connectivity index (χ3v) is 3.42. The monoisotopic (exact) mass is 358 g/mol. The number of carbonyl (C=O) groups is 2. The highest BCUT2D eigenvalue weighted by Gasteiger charge is 2.38. The molecule has 0 radical (unpaired) electrons. The Hall–Kier alpha value is -2.55. The highest BCUT2D eigenvalue weighted by Crippen LogP contribution is 2.27. The van der Waals surface area contributed by atoms with Crippen LogP contribution in [0.4, 0.5) is 24.5 Å². The third-order valence-electron chi connectivity index (χ3n) is 3.42. The lowest BCUT2D eigenvalue weighted by Crippen LogP contribution is -2.37. The topological polar surface area (TPSA) is 67.9 Å². The van der Waals surface area contributed by atoms with Crippen LogP contribution in [0, 0.1) is 0 Å². The largest absolute Gasteiger partial charge is 0.471 e. The summed E-state index contributed by atoms with van der Waals surface area (Å²) in [5, 5.41) is 1.73. The summed E-state index contributed by atoms with van der Waals surface area (Å²) < 4.78 is 47.4. The number of amides is 1. The first kappa shape index (κ1) is 18.8. The van der Waals surface area contributed by atoms with E-state index in [-0.39, 0.29) is 17.9 Å². The fourth-order valence-electron chi connectivity index (χ4n) is 2.27. The van der Waals surface area contributed by atoms with E-state index in [4.69, 9.17) is 9.47 Å². The number of hydrogen-bond donors (Lipinski definition) is 1. The predicted molar refractivity (Wildman–Crippen MR) is 84.6 cm³/mol. The molecule has 1 N–H and O–H groups in total. The minimum Gasteiger partial charge on any atom is -0.458 e. The number of carbonyl (C=O) groups excluding carboxylic acids is 2. The number of rotatable bonds is 5. The molecule has 1 amide bonds. The van der Waals surface area contributed by atoms with Gasteiger partial charge < -0.3 is 19.7 Å². The maximum Gasteiger partial charge on any atom is 0.471 e. The molecule has 1 saturated heterocycles. The van der Waals surface area contributed by atoms with Crippen LogP contribution in [-0.4, -0.2) is 51.0 Å². The minimum atomic E-state index is -5.02. The van der Waals surface area contributed by atoms with Gasteiger partial charge in [-0.25, -0.2) is 4.79 Å². The van der Waals surface area contributed by atoms with Crippen LogP contribution in [0.1, 0.15) is 10.4 Å². The number of benzene rings is 1. The molecule has 0 aromatic heterocycles. The van der Waals surface area contributed by atoms with Crippen molar-refractivity contribution in [3.8, 4) is 0 Å². The van der Waals surface area contributed by atoms with Crippen LogP contribution < -0.4 is 10.2 Å². The summed E-state index contributed by atoms with van der Waals surface area (Å²) in [6.45, 7) is 5.37. The Morgan fingerprint density at radius 1 is 1.32 bits per heavy atom. The molecule has 2 rings (SSSR count). The average Bonchev–Trinajstić information content (AvgIpc) is 2.59. The molecular weight excluding hydrogens is 341 g/mol. The maximum absolute atomic E-state index is 12.4. The molecule has 6 nitrogen and oxygen atoms in total. The fourth-order valence-corrected chi connectivity index (χ4v) is 2.27. The maximum atomic E-state index is 12.4. The Kier molecular flexibility index (Phi) is 6.02. The molecule has 1 aliphatic rings. The van der Waals surface area contributed by atoms with Gasteiger partial charge in [-0.15, -0.1) is 0 Å². The van der Waals surface area contributed by atoms with Gasteiger partial charge in [0, 0.05) is 18.8 Å². The molecular formula is C16H17F3N2O4. The Bertz CT molecular complexity index is 655. The van der Waals surface area contributed by atoms with E-state index < -0.39 is 18.1 Å². The highest BCUT2D eigenvalue weighted by atomic mass is 19.4. The van der Waals surface area contributed by atoms with Crippen LogP contribution in [0.15, 0.2) is 30.9 Å². The number of anilines is 2. The lowest BCUT2D eigenvalue weighted by molar-refractivity contribution is -0.167. The normalized spacial score (nSPS) is 14.8. The zero-order chi connectivity index (χ0) is 18.4. The van der Waals surface area contributed by atoms with Gasteiger partial charge in [-0.2, -0.15) is 13.2 Å². The Labute approximate surface area is 142 Å². The second kappa shape index (κ2) is 8.02. The van der Waals surface area contributed by atoms with Crippen LogP contribution in [0.2, 0.25) is 0 Å². The van der Waals surface area contributed by atoms with Gasteiger partial charge in [-0.3, -0.25) is 4.79 Å². The van der Waals surface area contributed by atoms with E-state index in [1.165, 1.54) is 24.3 Å². The molecule has 1 aromatic rings. The van der Waals surface area contributed by atoms with Crippen LogP contribution in [0.25, 0.3) is 0 Å². The quantitative estimate of drug-likeness (QED) is 0.647. The molecule has 0 aliphatic carbocycles. The SMILES string of the molecule is C=CCOC(=O)c1cc(NC(=O)C(F)(F)F)ccc1N1CCOCC1. The molecule has 0 unspecified atom stereocenters. The molecule has 0 bridgehead atoms. The average molecular weight is 358 g/mol. The number of alkyl halides is 3. The number of halogens is 3. The van der Waals surface area contributed by atoms with Gasteiger partial charge in [0.05, 0.1) is 24.5 Å². The molecule has 136 valence electrons. The van der Waals surface area contributed by atoms with E-state index in [1.54, 1.807) is 5.32 Å². The van der Waals surface area contributed by atoms with E-state index in [1.807, 2.05) is 4.90 Å². The molecule has 1 aliphatic heterocycles. The van der Waals surface area contributed by atoms with Gasteiger partial charge in [-0.05, 0) is 18.2 Å². The van der Waals surface area contributed by atoms with Crippen molar-refractivity contribution in [3.05, 3.63) is 36.4 Å². The number of nitrogens with one attached hydrogen (secondary N) is 1. The molecule has 25 heavy (non-hydrogen) atoms. The first-order chi connectivity index (χ1) is 11.8. The summed E-state index contributed by atoms with van der Waals surface area (Å²) in [4.78, 5) is 25.2.